The van der Waals surface area contributed by atoms with Crippen molar-refractivity contribution in [3.8, 4) is 0 Å². The summed E-state index contributed by atoms with van der Waals surface area (Å²) in [6, 6.07) is 11.5. The summed E-state index contributed by atoms with van der Waals surface area (Å²) >= 11 is 0. The molecular weight excluding hydrogens is 336 g/mol. The van der Waals surface area contributed by atoms with Crippen LogP contribution in [0.4, 0.5) is 0 Å². The summed E-state index contributed by atoms with van der Waals surface area (Å²) in [5.74, 6) is -0.493. The average molecular weight is 356 g/mol. The zero-order valence-corrected chi connectivity index (χ0v) is 15.4. The van der Waals surface area contributed by atoms with Gasteiger partial charge in [0.1, 0.15) is 5.78 Å². The molecule has 27 heavy (non-hydrogen) atoms. The van der Waals surface area contributed by atoms with E-state index in [1.807, 2.05) is 36.4 Å². The Hall–Kier alpha value is -2.88. The summed E-state index contributed by atoms with van der Waals surface area (Å²) in [6.45, 7) is 4.22. The highest BCUT2D eigenvalue weighted by Crippen LogP contribution is 2.51. The number of ketones is 2. The molecule has 2 aliphatic carbocycles. The fourth-order valence-electron chi connectivity index (χ4n) is 4.84. The van der Waals surface area contributed by atoms with Gasteiger partial charge in [-0.05, 0) is 23.5 Å². The summed E-state index contributed by atoms with van der Waals surface area (Å²) in [4.78, 5) is 35.6. The molecule has 4 nitrogen and oxygen atoms in total. The first-order valence-electron chi connectivity index (χ1n) is 9.35. The number of benzene rings is 1. The van der Waals surface area contributed by atoms with Gasteiger partial charge in [-0.15, -0.1) is 0 Å². The molecule has 0 amide bonds. The van der Waals surface area contributed by atoms with Gasteiger partial charge in [0.2, 0.25) is 0 Å². The number of fused-ring (bicyclic) bond motifs is 3. The number of Topliss-reactive ketones (excluding diaryl/α,β-unsaturated/α-hetero) is 2. The Bertz CT molecular complexity index is 1050. The van der Waals surface area contributed by atoms with Crippen LogP contribution >= 0.6 is 0 Å². The van der Waals surface area contributed by atoms with Crippen molar-refractivity contribution >= 4 is 23.0 Å². The number of carbonyl (C=O) groups excluding carboxylic acids is 2. The first-order valence-corrected chi connectivity index (χ1v) is 9.35. The number of nitrogens with zero attached hydrogens (tertiary/aromatic N) is 2. The van der Waals surface area contributed by atoms with Gasteiger partial charge >= 0.3 is 0 Å². The van der Waals surface area contributed by atoms with Gasteiger partial charge in [0.25, 0.3) is 0 Å². The second-order valence-corrected chi connectivity index (χ2v) is 8.47. The molecule has 0 N–H and O–H groups in total. The van der Waals surface area contributed by atoms with Crippen LogP contribution in [0.2, 0.25) is 0 Å². The molecular formula is C23H20N2O2. The van der Waals surface area contributed by atoms with Crippen LogP contribution in [-0.4, -0.2) is 22.3 Å². The number of hydrogen-bond donors (Lipinski definition) is 0. The smallest absolute Gasteiger partial charge is 0.192 e. The third kappa shape index (κ3) is 2.36. The first-order chi connectivity index (χ1) is 13.0. The highest BCUT2D eigenvalue weighted by atomic mass is 16.1. The summed E-state index contributed by atoms with van der Waals surface area (Å²) in [5.41, 5.74) is 4.70. The van der Waals surface area contributed by atoms with Gasteiger partial charge in [0.05, 0.1) is 11.6 Å². The van der Waals surface area contributed by atoms with Crippen LogP contribution in [0.3, 0.4) is 0 Å². The highest BCUT2D eigenvalue weighted by molar-refractivity contribution is 6.25. The summed E-state index contributed by atoms with van der Waals surface area (Å²) in [5, 5.41) is 0. The molecule has 2 heterocycles. The minimum atomic E-state index is -0.362. The predicted molar refractivity (Wildman–Crippen MR) is 104 cm³/mol. The number of aromatic nitrogens is 1. The minimum Gasteiger partial charge on any atom is -0.299 e. The Balaban J connectivity index is 1.76. The van der Waals surface area contributed by atoms with Gasteiger partial charge < -0.3 is 0 Å². The molecule has 1 saturated carbocycles. The van der Waals surface area contributed by atoms with Crippen LogP contribution in [0.5, 0.6) is 0 Å². The third-order valence-electron chi connectivity index (χ3n) is 5.89. The Morgan fingerprint density at radius 3 is 2.48 bits per heavy atom. The topological polar surface area (TPSA) is 59.4 Å². The molecule has 134 valence electrons. The Labute approximate surface area is 158 Å². The van der Waals surface area contributed by atoms with Crippen LogP contribution in [0.1, 0.15) is 54.1 Å². The molecule has 0 radical (unpaired) electrons. The lowest BCUT2D eigenvalue weighted by atomic mass is 9.63. The fourth-order valence-corrected chi connectivity index (χ4v) is 4.84. The SMILES string of the molecule is CC1(C)CC(=O)C2C(=NC3=C(C(=O)c4ccccc43)[C@@H]2c2cccnc2)C1. The second kappa shape index (κ2) is 5.56. The van der Waals surface area contributed by atoms with E-state index >= 15 is 0 Å². The molecule has 1 aromatic carbocycles. The highest BCUT2D eigenvalue weighted by Gasteiger charge is 2.50. The van der Waals surface area contributed by atoms with E-state index < -0.39 is 0 Å². The van der Waals surface area contributed by atoms with Crippen molar-refractivity contribution in [3.63, 3.8) is 0 Å². The normalized spacial score (nSPS) is 25.6. The van der Waals surface area contributed by atoms with E-state index in [9.17, 15) is 9.59 Å². The Kier molecular flexibility index (Phi) is 3.36. The van der Waals surface area contributed by atoms with Crippen LogP contribution in [0.15, 0.2) is 59.4 Å². The third-order valence-corrected chi connectivity index (χ3v) is 5.89. The van der Waals surface area contributed by atoms with Gasteiger partial charge in [0.15, 0.2) is 5.78 Å². The molecule has 0 saturated heterocycles. The van der Waals surface area contributed by atoms with Crippen LogP contribution in [-0.2, 0) is 4.79 Å². The summed E-state index contributed by atoms with van der Waals surface area (Å²) in [7, 11) is 0. The average Bonchev–Trinajstić information content (AvgIpc) is 2.92. The van der Waals surface area contributed by atoms with Crippen molar-refractivity contribution in [2.75, 3.05) is 0 Å². The number of aliphatic imine (C=N–C) groups is 1. The number of allylic oxidation sites excluding steroid dienone is 1. The number of rotatable bonds is 1. The zero-order valence-electron chi connectivity index (χ0n) is 15.4. The molecule has 0 bridgehead atoms. The van der Waals surface area contributed by atoms with Crippen molar-refractivity contribution in [1.29, 1.82) is 0 Å². The van der Waals surface area contributed by atoms with Crippen molar-refractivity contribution < 1.29 is 9.59 Å². The van der Waals surface area contributed by atoms with E-state index in [2.05, 4.69) is 18.8 Å². The molecule has 0 spiro atoms. The van der Waals surface area contributed by atoms with Crippen LogP contribution in [0.25, 0.3) is 5.70 Å². The number of carbonyl (C=O) groups is 2. The monoisotopic (exact) mass is 356 g/mol. The maximum Gasteiger partial charge on any atom is 0.192 e. The quantitative estimate of drug-likeness (QED) is 0.768. The molecule has 3 aliphatic rings. The van der Waals surface area contributed by atoms with Gasteiger partial charge in [-0.1, -0.05) is 44.2 Å². The number of pyridine rings is 1. The molecule has 1 aliphatic heterocycles. The summed E-state index contributed by atoms with van der Waals surface area (Å²) < 4.78 is 0. The Morgan fingerprint density at radius 1 is 0.963 bits per heavy atom. The van der Waals surface area contributed by atoms with Gasteiger partial charge in [-0.25, -0.2) is 0 Å². The fraction of sp³-hybridized carbons (Fsp3) is 0.304. The van der Waals surface area contributed by atoms with E-state index in [-0.39, 0.29) is 28.8 Å². The van der Waals surface area contributed by atoms with Gasteiger partial charge in [-0.3, -0.25) is 19.6 Å². The largest absolute Gasteiger partial charge is 0.299 e. The lowest BCUT2D eigenvalue weighted by Crippen LogP contribution is -2.43. The minimum absolute atomic E-state index is 0.00473. The summed E-state index contributed by atoms with van der Waals surface area (Å²) in [6.07, 6.45) is 4.78. The molecule has 1 unspecified atom stereocenters. The maximum atomic E-state index is 13.3. The lowest BCUT2D eigenvalue weighted by molar-refractivity contribution is -0.124. The van der Waals surface area contributed by atoms with Crippen molar-refractivity contribution in [1.82, 2.24) is 4.98 Å². The Morgan fingerprint density at radius 2 is 1.74 bits per heavy atom. The second-order valence-electron chi connectivity index (χ2n) is 8.47. The first kappa shape index (κ1) is 16.3. The van der Waals surface area contributed by atoms with Crippen LogP contribution in [0, 0.1) is 11.3 Å². The van der Waals surface area contributed by atoms with E-state index in [0.717, 1.165) is 29.0 Å². The van der Waals surface area contributed by atoms with Gasteiger partial charge in [-0.2, -0.15) is 0 Å². The van der Waals surface area contributed by atoms with Crippen molar-refractivity contribution in [3.05, 3.63) is 71.1 Å². The number of hydrogen-bond acceptors (Lipinski definition) is 4. The standard InChI is InChI=1S/C23H20N2O2/c1-23(2)10-16-19(17(26)11-23)18(13-6-5-9-24-12-13)20-21(25-16)14-7-3-4-8-15(14)22(20)27/h3-9,12,18-19H,10-11H2,1-2H3/t18-,19?/m1/s1. The maximum absolute atomic E-state index is 13.3. The van der Waals surface area contributed by atoms with Crippen LogP contribution < -0.4 is 0 Å². The molecule has 1 aromatic heterocycles. The molecule has 1 fully saturated rings. The molecule has 2 aromatic rings. The molecule has 5 rings (SSSR count). The van der Waals surface area contributed by atoms with E-state index in [0.29, 0.717) is 17.6 Å². The predicted octanol–water partition coefficient (Wildman–Crippen LogP) is 4.23. The lowest BCUT2D eigenvalue weighted by Gasteiger charge is -2.40. The molecule has 2 atom stereocenters. The zero-order chi connectivity index (χ0) is 18.8. The van der Waals surface area contributed by atoms with Crippen molar-refractivity contribution in [2.45, 2.75) is 32.6 Å². The van der Waals surface area contributed by atoms with E-state index in [4.69, 9.17) is 4.99 Å². The van der Waals surface area contributed by atoms with E-state index in [1.54, 1.807) is 12.4 Å². The molecule has 4 heteroatoms. The van der Waals surface area contributed by atoms with Gasteiger partial charge in [0, 0.05) is 47.1 Å². The van der Waals surface area contributed by atoms with Crippen molar-refractivity contribution in [2.24, 2.45) is 16.3 Å². The van der Waals surface area contributed by atoms with E-state index in [1.165, 1.54) is 0 Å².